The molecule has 0 atom stereocenters. The lowest BCUT2D eigenvalue weighted by Gasteiger charge is -2.26. The van der Waals surface area contributed by atoms with E-state index in [4.69, 9.17) is 4.74 Å². The van der Waals surface area contributed by atoms with Crippen molar-refractivity contribution in [2.45, 2.75) is 4.90 Å². The van der Waals surface area contributed by atoms with Crippen LogP contribution in [0.15, 0.2) is 51.8 Å². The van der Waals surface area contributed by atoms with Crippen molar-refractivity contribution in [2.24, 2.45) is 0 Å². The van der Waals surface area contributed by atoms with Crippen LogP contribution in [-0.2, 0) is 14.8 Å². The highest BCUT2D eigenvalue weighted by molar-refractivity contribution is 9.10. The zero-order valence-corrected chi connectivity index (χ0v) is 17.6. The number of hydrogen-bond acceptors (Lipinski definition) is 7. The minimum atomic E-state index is -3.70. The number of halogens is 1. The minimum absolute atomic E-state index is 0.0572. The maximum atomic E-state index is 12.8. The first-order valence-electron chi connectivity index (χ1n) is 8.68. The van der Waals surface area contributed by atoms with Crippen molar-refractivity contribution in [1.29, 1.82) is 0 Å². The Balaban J connectivity index is 1.72. The van der Waals surface area contributed by atoms with Crippen LogP contribution in [0, 0.1) is 10.1 Å². The van der Waals surface area contributed by atoms with E-state index in [-0.39, 0.29) is 41.6 Å². The molecule has 1 N–H and O–H groups in total. The number of nitrogens with one attached hydrogen (secondary N) is 1. The van der Waals surface area contributed by atoms with Gasteiger partial charge in [-0.15, -0.1) is 0 Å². The number of rotatable bonds is 7. The van der Waals surface area contributed by atoms with Gasteiger partial charge in [-0.25, -0.2) is 8.42 Å². The van der Waals surface area contributed by atoms with Crippen molar-refractivity contribution in [2.75, 3.05) is 38.2 Å². The number of Topliss-reactive ketones (excluding diaryl/α,β-unsaturated/α-hetero) is 1. The lowest BCUT2D eigenvalue weighted by atomic mass is 10.1. The molecular formula is C18H18BrN3O6S. The molecule has 0 saturated carbocycles. The maximum Gasteiger partial charge on any atom is 0.270 e. The molecule has 1 fully saturated rings. The summed E-state index contributed by atoms with van der Waals surface area (Å²) in [6.45, 7) is 1.13. The summed E-state index contributed by atoms with van der Waals surface area (Å²) in [5, 5.41) is 13.7. The molecule has 0 bridgehead atoms. The highest BCUT2D eigenvalue weighted by Crippen LogP contribution is 2.27. The van der Waals surface area contributed by atoms with E-state index in [9.17, 15) is 23.3 Å². The number of nitrogens with zero attached hydrogens (tertiary/aromatic N) is 2. The molecule has 0 radical (unpaired) electrons. The first-order valence-corrected chi connectivity index (χ1v) is 10.9. The quantitative estimate of drug-likeness (QED) is 0.365. The van der Waals surface area contributed by atoms with Crippen molar-refractivity contribution >= 4 is 43.1 Å². The molecule has 154 valence electrons. The van der Waals surface area contributed by atoms with Crippen LogP contribution in [-0.4, -0.2) is 56.3 Å². The fourth-order valence-electron chi connectivity index (χ4n) is 2.80. The van der Waals surface area contributed by atoms with Crippen molar-refractivity contribution in [3.05, 3.63) is 62.6 Å². The predicted molar refractivity (Wildman–Crippen MR) is 110 cm³/mol. The van der Waals surface area contributed by atoms with Gasteiger partial charge in [0.15, 0.2) is 5.78 Å². The molecule has 2 aromatic rings. The van der Waals surface area contributed by atoms with Gasteiger partial charge in [-0.3, -0.25) is 14.9 Å². The molecule has 0 unspecified atom stereocenters. The van der Waals surface area contributed by atoms with Gasteiger partial charge in [0.05, 0.1) is 29.6 Å². The fourth-order valence-corrected chi connectivity index (χ4v) is 4.77. The number of morpholine rings is 1. The topological polar surface area (TPSA) is 119 Å². The van der Waals surface area contributed by atoms with Crippen molar-refractivity contribution in [3.8, 4) is 0 Å². The van der Waals surface area contributed by atoms with E-state index in [1.807, 2.05) is 0 Å². The van der Waals surface area contributed by atoms with Gasteiger partial charge in [-0.1, -0.05) is 12.1 Å². The largest absolute Gasteiger partial charge is 0.379 e. The summed E-state index contributed by atoms with van der Waals surface area (Å²) in [6, 6.07) is 10.1. The first kappa shape index (κ1) is 21.4. The smallest absolute Gasteiger partial charge is 0.270 e. The molecule has 0 aliphatic carbocycles. The van der Waals surface area contributed by atoms with Gasteiger partial charge in [-0.05, 0) is 34.1 Å². The zero-order chi connectivity index (χ0) is 21.0. The van der Waals surface area contributed by atoms with E-state index in [0.717, 1.165) is 0 Å². The number of non-ortho nitro benzene ring substituents is 1. The van der Waals surface area contributed by atoms with Crippen molar-refractivity contribution in [3.63, 3.8) is 0 Å². The summed E-state index contributed by atoms with van der Waals surface area (Å²) < 4.78 is 32.5. The molecule has 1 saturated heterocycles. The number of ketones is 1. The Kier molecular flexibility index (Phi) is 6.63. The minimum Gasteiger partial charge on any atom is -0.379 e. The Morgan fingerprint density at radius 2 is 1.93 bits per heavy atom. The second kappa shape index (κ2) is 8.99. The molecule has 0 spiro atoms. The summed E-state index contributed by atoms with van der Waals surface area (Å²) >= 11 is 3.23. The van der Waals surface area contributed by atoms with E-state index in [1.165, 1.54) is 40.7 Å². The lowest BCUT2D eigenvalue weighted by molar-refractivity contribution is -0.384. The molecule has 0 aromatic heterocycles. The van der Waals surface area contributed by atoms with Gasteiger partial charge in [0.2, 0.25) is 10.0 Å². The van der Waals surface area contributed by atoms with Gasteiger partial charge in [0.1, 0.15) is 0 Å². The summed E-state index contributed by atoms with van der Waals surface area (Å²) in [7, 11) is -3.70. The summed E-state index contributed by atoms with van der Waals surface area (Å²) in [5.41, 5.74) is 0.695. The molecule has 1 heterocycles. The highest BCUT2D eigenvalue weighted by Gasteiger charge is 2.26. The number of ether oxygens (including phenoxy) is 1. The van der Waals surface area contributed by atoms with Crippen LogP contribution in [0.4, 0.5) is 11.4 Å². The predicted octanol–water partition coefficient (Wildman–Crippen LogP) is 2.67. The van der Waals surface area contributed by atoms with Gasteiger partial charge in [0.25, 0.3) is 5.69 Å². The van der Waals surface area contributed by atoms with Crippen molar-refractivity contribution < 1.29 is 22.9 Å². The van der Waals surface area contributed by atoms with Crippen LogP contribution >= 0.6 is 15.9 Å². The van der Waals surface area contributed by atoms with Crippen LogP contribution in [0.25, 0.3) is 0 Å². The number of sulfonamides is 1. The summed E-state index contributed by atoms with van der Waals surface area (Å²) in [5.74, 6) is -0.311. The third kappa shape index (κ3) is 4.99. The number of anilines is 1. The molecule has 2 aromatic carbocycles. The SMILES string of the molecule is O=C(CNc1ccc([N+](=O)[O-])cc1Br)c1cccc(S(=O)(=O)N2CCOCC2)c1. The molecule has 1 aliphatic rings. The zero-order valence-electron chi connectivity index (χ0n) is 15.2. The Labute approximate surface area is 176 Å². The highest BCUT2D eigenvalue weighted by atomic mass is 79.9. The molecule has 0 amide bonds. The number of hydrogen-bond donors (Lipinski definition) is 1. The number of carbonyl (C=O) groups is 1. The van der Waals surface area contributed by atoms with Crippen LogP contribution < -0.4 is 5.32 Å². The van der Waals surface area contributed by atoms with Gasteiger partial charge >= 0.3 is 0 Å². The Morgan fingerprint density at radius 3 is 2.59 bits per heavy atom. The number of nitro benzene ring substituents is 1. The van der Waals surface area contributed by atoms with Crippen LogP contribution in [0.2, 0.25) is 0 Å². The fraction of sp³-hybridized carbons (Fsp3) is 0.278. The number of benzene rings is 2. The van der Waals surface area contributed by atoms with Gasteiger partial charge in [0, 0.05) is 40.9 Å². The second-order valence-corrected chi connectivity index (χ2v) is 9.03. The van der Waals surface area contributed by atoms with Crippen LogP contribution in [0.5, 0.6) is 0 Å². The lowest BCUT2D eigenvalue weighted by Crippen LogP contribution is -2.40. The summed E-state index contributed by atoms with van der Waals surface area (Å²) in [4.78, 5) is 22.9. The molecule has 11 heteroatoms. The van der Waals surface area contributed by atoms with Crippen molar-refractivity contribution in [1.82, 2.24) is 4.31 Å². The second-order valence-electron chi connectivity index (χ2n) is 6.24. The van der Waals surface area contributed by atoms with E-state index in [2.05, 4.69) is 21.2 Å². The number of carbonyl (C=O) groups excluding carboxylic acids is 1. The van der Waals surface area contributed by atoms with Crippen LogP contribution in [0.1, 0.15) is 10.4 Å². The third-order valence-electron chi connectivity index (χ3n) is 4.37. The molecular weight excluding hydrogens is 466 g/mol. The van der Waals surface area contributed by atoms with Crippen LogP contribution in [0.3, 0.4) is 0 Å². The molecule has 29 heavy (non-hydrogen) atoms. The van der Waals surface area contributed by atoms with E-state index < -0.39 is 14.9 Å². The Hall–Kier alpha value is -2.34. The Morgan fingerprint density at radius 1 is 1.21 bits per heavy atom. The van der Waals surface area contributed by atoms with E-state index in [0.29, 0.717) is 23.4 Å². The molecule has 1 aliphatic heterocycles. The van der Waals surface area contributed by atoms with E-state index >= 15 is 0 Å². The Bertz CT molecular complexity index is 1040. The van der Waals surface area contributed by atoms with Gasteiger partial charge in [-0.2, -0.15) is 4.31 Å². The average molecular weight is 484 g/mol. The number of nitro groups is 1. The molecule has 9 nitrogen and oxygen atoms in total. The average Bonchev–Trinajstić information content (AvgIpc) is 2.73. The monoisotopic (exact) mass is 483 g/mol. The first-order chi connectivity index (χ1) is 13.8. The standard InChI is InChI=1S/C18H18BrN3O6S/c19-16-11-14(22(24)25)4-5-17(16)20-12-18(23)13-2-1-3-15(10-13)29(26,27)21-6-8-28-9-7-21/h1-5,10-11,20H,6-9,12H2. The van der Waals surface area contributed by atoms with Gasteiger partial charge < -0.3 is 10.1 Å². The third-order valence-corrected chi connectivity index (χ3v) is 6.92. The van der Waals surface area contributed by atoms with E-state index in [1.54, 1.807) is 6.07 Å². The maximum absolute atomic E-state index is 12.8. The molecule has 3 rings (SSSR count). The normalized spacial score (nSPS) is 15.1. The summed E-state index contributed by atoms with van der Waals surface area (Å²) in [6.07, 6.45) is 0.